The zero-order chi connectivity index (χ0) is 13.4. The third kappa shape index (κ3) is 2.22. The Balaban J connectivity index is 1.91. The van der Waals surface area contributed by atoms with E-state index in [9.17, 15) is 4.79 Å². The molecule has 19 heavy (non-hydrogen) atoms. The van der Waals surface area contributed by atoms with Crippen LogP contribution in [-0.2, 0) is 13.0 Å². The molecular formula is C10H9ClN6O2. The van der Waals surface area contributed by atoms with Crippen LogP contribution < -0.4 is 5.56 Å². The zero-order valence-electron chi connectivity index (χ0n) is 9.92. The van der Waals surface area contributed by atoms with Crippen molar-refractivity contribution in [3.8, 4) is 0 Å². The number of nitrogens with zero attached hydrogens (tertiary/aromatic N) is 5. The van der Waals surface area contributed by atoms with Gasteiger partial charge in [-0.1, -0.05) is 0 Å². The van der Waals surface area contributed by atoms with Crippen LogP contribution in [-0.4, -0.2) is 29.9 Å². The molecule has 0 spiro atoms. The minimum absolute atomic E-state index is 0.0459. The Morgan fingerprint density at radius 2 is 2.32 bits per heavy atom. The van der Waals surface area contributed by atoms with Crippen molar-refractivity contribution in [2.24, 2.45) is 0 Å². The third-order valence-corrected chi connectivity index (χ3v) is 2.75. The topological polar surface area (TPSA) is 102 Å². The van der Waals surface area contributed by atoms with Gasteiger partial charge in [-0.15, -0.1) is 10.2 Å². The summed E-state index contributed by atoms with van der Waals surface area (Å²) in [5.41, 5.74) is 0.505. The first-order valence-corrected chi connectivity index (χ1v) is 5.91. The maximum Gasteiger partial charge on any atom is 0.278 e. The number of hydrogen-bond donors (Lipinski definition) is 1. The number of rotatable bonds is 3. The van der Waals surface area contributed by atoms with Crippen LogP contribution in [0.15, 0.2) is 15.4 Å². The van der Waals surface area contributed by atoms with Crippen LogP contribution in [0.2, 0.25) is 5.28 Å². The Morgan fingerprint density at radius 3 is 3.05 bits per heavy atom. The molecule has 0 aliphatic carbocycles. The lowest BCUT2D eigenvalue weighted by Crippen LogP contribution is -2.14. The first kappa shape index (κ1) is 11.8. The van der Waals surface area contributed by atoms with Gasteiger partial charge in [0.2, 0.25) is 17.1 Å². The second-order valence-electron chi connectivity index (χ2n) is 3.92. The fourth-order valence-electron chi connectivity index (χ4n) is 1.79. The van der Waals surface area contributed by atoms with Gasteiger partial charge in [-0.2, -0.15) is 5.10 Å². The Morgan fingerprint density at radius 1 is 1.47 bits per heavy atom. The summed E-state index contributed by atoms with van der Waals surface area (Å²) in [4.78, 5) is 18.2. The van der Waals surface area contributed by atoms with Gasteiger partial charge < -0.3 is 4.42 Å². The van der Waals surface area contributed by atoms with Crippen molar-refractivity contribution in [2.75, 3.05) is 0 Å². The van der Waals surface area contributed by atoms with Gasteiger partial charge in [0.1, 0.15) is 5.52 Å². The summed E-state index contributed by atoms with van der Waals surface area (Å²) < 4.78 is 6.80. The van der Waals surface area contributed by atoms with Crippen molar-refractivity contribution < 1.29 is 4.42 Å². The fraction of sp³-hybridized carbons (Fsp3) is 0.300. The zero-order valence-corrected chi connectivity index (χ0v) is 10.7. The van der Waals surface area contributed by atoms with Gasteiger partial charge in [-0.05, 0) is 11.6 Å². The van der Waals surface area contributed by atoms with Crippen LogP contribution in [0.4, 0.5) is 0 Å². The van der Waals surface area contributed by atoms with Gasteiger partial charge >= 0.3 is 0 Å². The highest BCUT2D eigenvalue weighted by atomic mass is 35.5. The standard InChI is InChI=1S/C10H9ClN6O2/c1-5-15-16-7(19-5)2-3-17-8-6(4-12-17)13-10(11)14-9(8)18/h4H,2-3H2,1H3,(H,13,14,18). The van der Waals surface area contributed by atoms with Crippen LogP contribution in [0.5, 0.6) is 0 Å². The van der Waals surface area contributed by atoms with Gasteiger partial charge in [-0.3, -0.25) is 14.5 Å². The number of hydrogen-bond acceptors (Lipinski definition) is 6. The normalized spacial score (nSPS) is 11.3. The van der Waals surface area contributed by atoms with Gasteiger partial charge in [0.25, 0.3) is 5.56 Å². The molecule has 3 aromatic rings. The van der Waals surface area contributed by atoms with Crippen LogP contribution in [0.3, 0.4) is 0 Å². The molecule has 0 atom stereocenters. The predicted molar refractivity (Wildman–Crippen MR) is 65.9 cm³/mol. The van der Waals surface area contributed by atoms with E-state index in [0.29, 0.717) is 35.8 Å². The number of halogens is 1. The number of aromatic amines is 1. The predicted octanol–water partition coefficient (Wildman–Crippen LogP) is 0.707. The van der Waals surface area contributed by atoms with Crippen molar-refractivity contribution in [1.29, 1.82) is 0 Å². The minimum atomic E-state index is -0.325. The van der Waals surface area contributed by atoms with Gasteiger partial charge in [0.15, 0.2) is 5.52 Å². The molecule has 1 N–H and O–H groups in total. The van der Waals surface area contributed by atoms with Crippen LogP contribution in [0, 0.1) is 6.92 Å². The Labute approximate surface area is 111 Å². The second-order valence-corrected chi connectivity index (χ2v) is 4.28. The third-order valence-electron chi connectivity index (χ3n) is 2.58. The molecule has 0 unspecified atom stereocenters. The summed E-state index contributed by atoms with van der Waals surface area (Å²) in [6.07, 6.45) is 1.98. The van der Waals surface area contributed by atoms with E-state index in [1.54, 1.807) is 6.92 Å². The number of nitrogens with one attached hydrogen (secondary N) is 1. The Kier molecular flexibility index (Phi) is 2.79. The number of aromatic nitrogens is 6. The van der Waals surface area contributed by atoms with E-state index < -0.39 is 0 Å². The largest absolute Gasteiger partial charge is 0.426 e. The van der Waals surface area contributed by atoms with E-state index in [1.165, 1.54) is 10.9 Å². The van der Waals surface area contributed by atoms with Gasteiger partial charge in [0.05, 0.1) is 12.7 Å². The molecule has 0 saturated carbocycles. The molecule has 9 heteroatoms. The van der Waals surface area contributed by atoms with Crippen LogP contribution >= 0.6 is 11.6 Å². The van der Waals surface area contributed by atoms with E-state index in [2.05, 4.69) is 25.3 Å². The van der Waals surface area contributed by atoms with Crippen molar-refractivity contribution in [3.05, 3.63) is 33.6 Å². The summed E-state index contributed by atoms with van der Waals surface area (Å²) in [6, 6.07) is 0. The number of fused-ring (bicyclic) bond motifs is 1. The highest BCUT2D eigenvalue weighted by molar-refractivity contribution is 6.28. The van der Waals surface area contributed by atoms with Crippen LogP contribution in [0.25, 0.3) is 11.0 Å². The first-order chi connectivity index (χ1) is 9.13. The average Bonchev–Trinajstić information content (AvgIpc) is 2.93. The van der Waals surface area contributed by atoms with Gasteiger partial charge in [0, 0.05) is 13.3 Å². The SMILES string of the molecule is Cc1nnc(CCn2ncc3nc(Cl)[nH]c(=O)c32)o1. The molecular weight excluding hydrogens is 272 g/mol. The van der Waals surface area contributed by atoms with E-state index in [-0.39, 0.29) is 10.8 Å². The molecule has 0 amide bonds. The Bertz CT molecular complexity index is 789. The van der Waals surface area contributed by atoms with Crippen molar-refractivity contribution in [2.45, 2.75) is 19.9 Å². The van der Waals surface area contributed by atoms with E-state index >= 15 is 0 Å². The maximum atomic E-state index is 11.8. The first-order valence-electron chi connectivity index (χ1n) is 5.54. The van der Waals surface area contributed by atoms with E-state index in [4.69, 9.17) is 16.0 Å². The molecule has 3 rings (SSSR count). The van der Waals surface area contributed by atoms with E-state index in [1.807, 2.05) is 0 Å². The number of H-pyrrole nitrogens is 1. The smallest absolute Gasteiger partial charge is 0.278 e. The second kappa shape index (κ2) is 4.47. The summed E-state index contributed by atoms with van der Waals surface area (Å²) in [7, 11) is 0. The lowest BCUT2D eigenvalue weighted by Gasteiger charge is -2.00. The summed E-state index contributed by atoms with van der Waals surface area (Å²) in [6.45, 7) is 2.16. The quantitative estimate of drug-likeness (QED) is 0.709. The van der Waals surface area contributed by atoms with Crippen molar-refractivity contribution >= 4 is 22.6 Å². The maximum absolute atomic E-state index is 11.8. The summed E-state index contributed by atoms with van der Waals surface area (Å²) >= 11 is 5.67. The molecule has 3 aromatic heterocycles. The lowest BCUT2D eigenvalue weighted by molar-refractivity contribution is 0.449. The minimum Gasteiger partial charge on any atom is -0.426 e. The Hall–Kier alpha value is -2.22. The monoisotopic (exact) mass is 280 g/mol. The molecule has 0 aliphatic heterocycles. The molecule has 0 saturated heterocycles. The number of aryl methyl sites for hydroxylation is 3. The van der Waals surface area contributed by atoms with E-state index in [0.717, 1.165) is 0 Å². The molecule has 0 bridgehead atoms. The molecule has 0 aromatic carbocycles. The highest BCUT2D eigenvalue weighted by Gasteiger charge is 2.11. The summed E-state index contributed by atoms with van der Waals surface area (Å²) in [5, 5.41) is 11.8. The average molecular weight is 281 g/mol. The summed E-state index contributed by atoms with van der Waals surface area (Å²) in [5.74, 6) is 1.01. The molecule has 0 aliphatic rings. The van der Waals surface area contributed by atoms with Crippen molar-refractivity contribution in [1.82, 2.24) is 29.9 Å². The highest BCUT2D eigenvalue weighted by Crippen LogP contribution is 2.09. The van der Waals surface area contributed by atoms with Gasteiger partial charge in [-0.25, -0.2) is 4.98 Å². The van der Waals surface area contributed by atoms with Crippen LogP contribution in [0.1, 0.15) is 11.8 Å². The molecule has 98 valence electrons. The molecule has 0 fully saturated rings. The molecule has 3 heterocycles. The fourth-order valence-corrected chi connectivity index (χ4v) is 1.96. The molecule has 0 radical (unpaired) electrons. The van der Waals surface area contributed by atoms with Crippen molar-refractivity contribution in [3.63, 3.8) is 0 Å². The molecule has 8 nitrogen and oxygen atoms in total. The lowest BCUT2D eigenvalue weighted by atomic mass is 10.4.